The zero-order valence-corrected chi connectivity index (χ0v) is 21.0. The largest absolute Gasteiger partial charge is 0.299 e. The molecule has 0 radical (unpaired) electrons. The molecule has 0 aliphatic heterocycles. The molecular weight excluding hydrogens is 449 g/mol. The summed E-state index contributed by atoms with van der Waals surface area (Å²) in [5.41, 5.74) is 0. The third-order valence-corrected chi connectivity index (χ3v) is 11.3. The smallest absolute Gasteiger partial charge is 0.174 e. The molecule has 0 amide bonds. The second-order valence-corrected chi connectivity index (χ2v) is 12.6. The van der Waals surface area contributed by atoms with Gasteiger partial charge < -0.3 is 0 Å². The van der Waals surface area contributed by atoms with E-state index in [1.54, 1.807) is 0 Å². The fraction of sp³-hybridized carbons (Fsp3) is 0.290. The molecule has 178 valence electrons. The van der Waals surface area contributed by atoms with Gasteiger partial charge in [0.2, 0.25) is 0 Å². The molecule has 1 saturated carbocycles. The molecule has 1 fully saturated rings. The molecule has 0 bridgehead atoms. The zero-order chi connectivity index (χ0) is 24.5. The predicted molar refractivity (Wildman–Crippen MR) is 146 cm³/mol. The molecule has 0 N–H and O–H groups in total. The van der Waals surface area contributed by atoms with Gasteiger partial charge in [0.25, 0.3) is 0 Å². The van der Waals surface area contributed by atoms with Crippen LogP contribution >= 0.6 is 6.89 Å². The molecule has 1 aliphatic rings. The van der Waals surface area contributed by atoms with Crippen LogP contribution in [-0.4, -0.2) is 16.9 Å². The minimum absolute atomic E-state index is 0.0765. The first-order valence-electron chi connectivity index (χ1n) is 12.6. The van der Waals surface area contributed by atoms with Gasteiger partial charge in [-0.25, -0.2) is 0 Å². The van der Waals surface area contributed by atoms with Crippen molar-refractivity contribution in [3.63, 3.8) is 0 Å². The average molecular weight is 482 g/mol. The standard InChI is InChI=1S/C31H32NO2P/c32-24-31(30(34)23-13-11-15-25-14-10-12-22-29(25)33)35(26-16-4-1-5-17-26,27-18-6-2-7-19-27)28-20-8-3-9-21-28/h1-9,16-21,25H,10-15,22-23H2. The summed E-state index contributed by atoms with van der Waals surface area (Å²) < 4.78 is 0. The van der Waals surface area contributed by atoms with Crippen molar-refractivity contribution in [2.24, 2.45) is 5.92 Å². The third kappa shape index (κ3) is 5.39. The average Bonchev–Trinajstić information content (AvgIpc) is 2.92. The number of rotatable bonds is 9. The van der Waals surface area contributed by atoms with E-state index in [0.717, 1.165) is 48.0 Å². The second kappa shape index (κ2) is 12.0. The van der Waals surface area contributed by atoms with Crippen LogP contribution in [0, 0.1) is 17.2 Å². The van der Waals surface area contributed by atoms with Gasteiger partial charge in [-0.3, -0.25) is 9.59 Å². The van der Waals surface area contributed by atoms with Crippen molar-refractivity contribution in [2.75, 3.05) is 0 Å². The molecule has 35 heavy (non-hydrogen) atoms. The van der Waals surface area contributed by atoms with E-state index in [9.17, 15) is 14.9 Å². The van der Waals surface area contributed by atoms with Crippen molar-refractivity contribution in [1.29, 1.82) is 5.26 Å². The highest BCUT2D eigenvalue weighted by Gasteiger charge is 2.33. The number of hydrogen-bond donors (Lipinski definition) is 0. The molecule has 0 aromatic heterocycles. The fourth-order valence-electron chi connectivity index (χ4n) is 5.27. The molecule has 1 atom stereocenters. The lowest BCUT2D eigenvalue weighted by molar-refractivity contribution is -0.124. The number of unbranched alkanes of at least 4 members (excludes halogenated alkanes) is 1. The van der Waals surface area contributed by atoms with Crippen LogP contribution in [0.1, 0.15) is 51.4 Å². The minimum Gasteiger partial charge on any atom is -0.299 e. The molecule has 3 aromatic carbocycles. The van der Waals surface area contributed by atoms with Crippen molar-refractivity contribution < 1.29 is 9.59 Å². The maximum Gasteiger partial charge on any atom is 0.174 e. The lowest BCUT2D eigenvalue weighted by Gasteiger charge is -2.30. The number of ketones is 2. The minimum atomic E-state index is -2.65. The first-order valence-corrected chi connectivity index (χ1v) is 14.4. The Morgan fingerprint density at radius 1 is 0.800 bits per heavy atom. The number of Topliss-reactive ketones (excluding diaryl/α,β-unsaturated/α-hetero) is 2. The molecule has 1 aliphatic carbocycles. The Morgan fingerprint density at radius 2 is 1.31 bits per heavy atom. The van der Waals surface area contributed by atoms with Crippen molar-refractivity contribution in [2.45, 2.75) is 51.4 Å². The van der Waals surface area contributed by atoms with Gasteiger partial charge in [0.15, 0.2) is 5.78 Å². The number of hydrogen-bond acceptors (Lipinski definition) is 3. The first kappa shape index (κ1) is 24.9. The van der Waals surface area contributed by atoms with Crippen LogP contribution in [0.15, 0.2) is 91.0 Å². The first-order chi connectivity index (χ1) is 17.2. The molecule has 3 aromatic rings. The highest BCUT2D eigenvalue weighted by Crippen LogP contribution is 2.46. The zero-order valence-electron chi connectivity index (χ0n) is 20.1. The molecule has 0 spiro atoms. The second-order valence-electron chi connectivity index (χ2n) is 9.22. The van der Waals surface area contributed by atoms with Crippen LogP contribution in [0.5, 0.6) is 0 Å². The normalized spacial score (nSPS) is 15.9. The van der Waals surface area contributed by atoms with Gasteiger partial charge >= 0.3 is 0 Å². The summed E-state index contributed by atoms with van der Waals surface area (Å²) in [6.45, 7) is -2.65. The van der Waals surface area contributed by atoms with Gasteiger partial charge in [-0.05, 0) is 48.5 Å². The van der Waals surface area contributed by atoms with Crippen molar-refractivity contribution in [3.05, 3.63) is 91.0 Å². The van der Waals surface area contributed by atoms with E-state index >= 15 is 0 Å². The summed E-state index contributed by atoms with van der Waals surface area (Å²) in [7, 11) is 0. The van der Waals surface area contributed by atoms with E-state index in [1.165, 1.54) is 0 Å². The summed E-state index contributed by atoms with van der Waals surface area (Å²) in [4.78, 5) is 25.9. The predicted octanol–water partition coefficient (Wildman–Crippen LogP) is 5.57. The van der Waals surface area contributed by atoms with E-state index in [-0.39, 0.29) is 11.7 Å². The fourth-order valence-corrected chi connectivity index (χ4v) is 9.43. The van der Waals surface area contributed by atoms with Crippen molar-refractivity contribution in [3.8, 4) is 6.07 Å². The highest BCUT2D eigenvalue weighted by molar-refractivity contribution is 7.96. The Balaban J connectivity index is 1.75. The van der Waals surface area contributed by atoms with Crippen LogP contribution in [0.3, 0.4) is 0 Å². The van der Waals surface area contributed by atoms with E-state index in [4.69, 9.17) is 0 Å². The number of carbonyl (C=O) groups excluding carboxylic acids is 2. The molecular formula is C31H32NO2P. The Kier molecular flexibility index (Phi) is 8.51. The summed E-state index contributed by atoms with van der Waals surface area (Å²) in [6.07, 6.45) is 6.54. The lowest BCUT2D eigenvalue weighted by atomic mass is 9.84. The van der Waals surface area contributed by atoms with Crippen LogP contribution in [-0.2, 0) is 9.59 Å². The number of benzene rings is 3. The van der Waals surface area contributed by atoms with Gasteiger partial charge in [0, 0.05) is 18.8 Å². The van der Waals surface area contributed by atoms with Gasteiger partial charge in [-0.2, -0.15) is 5.26 Å². The topological polar surface area (TPSA) is 57.9 Å². The Bertz CT molecular complexity index is 1140. The molecule has 1 unspecified atom stereocenters. The Hall–Kier alpha value is -3.21. The van der Waals surface area contributed by atoms with E-state index < -0.39 is 6.89 Å². The molecule has 3 nitrogen and oxygen atoms in total. The van der Waals surface area contributed by atoms with Crippen molar-refractivity contribution in [1.82, 2.24) is 0 Å². The Morgan fingerprint density at radius 3 is 1.77 bits per heavy atom. The van der Waals surface area contributed by atoms with Gasteiger partial charge in [0.1, 0.15) is 17.1 Å². The quantitative estimate of drug-likeness (QED) is 0.297. The van der Waals surface area contributed by atoms with Gasteiger partial charge in [-0.15, -0.1) is 0 Å². The summed E-state index contributed by atoms with van der Waals surface area (Å²) >= 11 is 0. The third-order valence-electron chi connectivity index (χ3n) is 7.02. The molecule has 0 saturated heterocycles. The maximum absolute atomic E-state index is 13.8. The molecule has 4 heteroatoms. The lowest BCUT2D eigenvalue weighted by Crippen LogP contribution is -2.33. The SMILES string of the molecule is N#CC(C(=O)CCCCC1CCCCC1=O)=P(c1ccccc1)(c1ccccc1)c1ccccc1. The summed E-state index contributed by atoms with van der Waals surface area (Å²) in [5.74, 6) is 0.462. The van der Waals surface area contributed by atoms with E-state index in [0.29, 0.717) is 30.3 Å². The number of carbonyl (C=O) groups is 2. The Labute approximate surface area is 208 Å². The van der Waals surface area contributed by atoms with Crippen LogP contribution < -0.4 is 15.9 Å². The van der Waals surface area contributed by atoms with Crippen LogP contribution in [0.4, 0.5) is 0 Å². The monoisotopic (exact) mass is 481 g/mol. The van der Waals surface area contributed by atoms with Gasteiger partial charge in [-0.1, -0.05) is 104 Å². The summed E-state index contributed by atoms with van der Waals surface area (Å²) in [6, 6.07) is 32.5. The van der Waals surface area contributed by atoms with E-state index in [1.807, 2.05) is 91.0 Å². The molecule has 4 rings (SSSR count). The van der Waals surface area contributed by atoms with Crippen molar-refractivity contribution >= 4 is 39.7 Å². The van der Waals surface area contributed by atoms with Gasteiger partial charge in [0.05, 0.1) is 0 Å². The highest BCUT2D eigenvalue weighted by atomic mass is 31.2. The summed E-state index contributed by atoms with van der Waals surface area (Å²) in [5, 5.41) is 13.9. The number of nitrogens with zero attached hydrogens (tertiary/aromatic N) is 1. The van der Waals surface area contributed by atoms with Crippen LogP contribution in [0.25, 0.3) is 0 Å². The van der Waals surface area contributed by atoms with Crippen LogP contribution in [0.2, 0.25) is 0 Å². The maximum atomic E-state index is 13.8. The molecule has 0 heterocycles. The van der Waals surface area contributed by atoms with E-state index in [2.05, 4.69) is 6.07 Å². The number of nitriles is 1.